The Kier molecular flexibility index (Phi) is 7.37. The SMILES string of the molecule is COc1cc(C(=O)N2CCN(Cc3nc(-c4ccc(Cl)cc4)cs3)CC2)cc(OC)c1OC. The molecule has 4 rings (SSSR count). The van der Waals surface area contributed by atoms with Crippen molar-refractivity contribution in [1.29, 1.82) is 0 Å². The van der Waals surface area contributed by atoms with Crippen molar-refractivity contribution in [3.63, 3.8) is 0 Å². The number of aromatic nitrogens is 1. The topological polar surface area (TPSA) is 64.1 Å². The van der Waals surface area contributed by atoms with Crippen LogP contribution in [0.4, 0.5) is 0 Å². The monoisotopic (exact) mass is 487 g/mol. The van der Waals surface area contributed by atoms with Crippen molar-refractivity contribution in [1.82, 2.24) is 14.8 Å². The molecule has 0 atom stereocenters. The van der Waals surface area contributed by atoms with Crippen molar-refractivity contribution >= 4 is 28.8 Å². The van der Waals surface area contributed by atoms with Crippen LogP contribution in [0.1, 0.15) is 15.4 Å². The molecule has 0 unspecified atom stereocenters. The van der Waals surface area contributed by atoms with Crippen molar-refractivity contribution in [2.24, 2.45) is 0 Å². The van der Waals surface area contributed by atoms with E-state index in [1.807, 2.05) is 29.2 Å². The summed E-state index contributed by atoms with van der Waals surface area (Å²) in [4.78, 5) is 22.1. The quantitative estimate of drug-likeness (QED) is 0.490. The standard InChI is InChI=1S/C24H26ClN3O4S/c1-30-20-12-17(13-21(31-2)23(20)32-3)24(29)28-10-8-27(9-11-28)14-22-26-19(15-33-22)16-4-6-18(25)7-5-16/h4-7,12-13,15H,8-11,14H2,1-3H3. The van der Waals surface area contributed by atoms with Gasteiger partial charge in [0.1, 0.15) is 5.01 Å². The van der Waals surface area contributed by atoms with Crippen LogP contribution in [0, 0.1) is 0 Å². The summed E-state index contributed by atoms with van der Waals surface area (Å²) in [5.74, 6) is 1.37. The number of carbonyl (C=O) groups excluding carboxylic acids is 1. The Balaban J connectivity index is 1.37. The fourth-order valence-electron chi connectivity index (χ4n) is 3.82. The number of hydrogen-bond acceptors (Lipinski definition) is 7. The van der Waals surface area contributed by atoms with E-state index in [2.05, 4.69) is 10.3 Å². The summed E-state index contributed by atoms with van der Waals surface area (Å²) in [6.07, 6.45) is 0. The minimum Gasteiger partial charge on any atom is -0.493 e. The summed E-state index contributed by atoms with van der Waals surface area (Å²) in [6, 6.07) is 11.1. The van der Waals surface area contributed by atoms with Gasteiger partial charge in [-0.1, -0.05) is 23.7 Å². The maximum absolute atomic E-state index is 13.1. The van der Waals surface area contributed by atoms with Crippen molar-refractivity contribution < 1.29 is 19.0 Å². The van der Waals surface area contributed by atoms with Crippen molar-refractivity contribution in [3.8, 4) is 28.5 Å². The van der Waals surface area contributed by atoms with E-state index in [9.17, 15) is 4.79 Å². The van der Waals surface area contributed by atoms with E-state index in [1.165, 1.54) is 0 Å². The summed E-state index contributed by atoms with van der Waals surface area (Å²) < 4.78 is 16.1. The summed E-state index contributed by atoms with van der Waals surface area (Å²) in [5.41, 5.74) is 2.54. The molecule has 9 heteroatoms. The zero-order valence-electron chi connectivity index (χ0n) is 18.8. The van der Waals surface area contributed by atoms with Gasteiger partial charge in [0.25, 0.3) is 5.91 Å². The number of carbonyl (C=O) groups is 1. The molecular weight excluding hydrogens is 462 g/mol. The zero-order valence-corrected chi connectivity index (χ0v) is 20.4. The molecule has 0 radical (unpaired) electrons. The van der Waals surface area contributed by atoms with E-state index in [4.69, 9.17) is 30.8 Å². The summed E-state index contributed by atoms with van der Waals surface area (Å²) >= 11 is 7.63. The highest BCUT2D eigenvalue weighted by molar-refractivity contribution is 7.09. The molecule has 1 aliphatic rings. The minimum absolute atomic E-state index is 0.0480. The number of hydrogen-bond donors (Lipinski definition) is 0. The Morgan fingerprint density at radius 3 is 2.21 bits per heavy atom. The van der Waals surface area contributed by atoms with Crippen LogP contribution >= 0.6 is 22.9 Å². The number of piperazine rings is 1. The highest BCUT2D eigenvalue weighted by Gasteiger charge is 2.25. The highest BCUT2D eigenvalue weighted by atomic mass is 35.5. The van der Waals surface area contributed by atoms with Crippen molar-refractivity contribution in [2.45, 2.75) is 6.54 Å². The van der Waals surface area contributed by atoms with Gasteiger partial charge in [-0.2, -0.15) is 0 Å². The number of rotatable bonds is 7. The fourth-order valence-corrected chi connectivity index (χ4v) is 4.79. The second-order valence-corrected chi connectivity index (χ2v) is 8.99. The van der Waals surface area contributed by atoms with Gasteiger partial charge in [0.15, 0.2) is 11.5 Å². The van der Waals surface area contributed by atoms with Gasteiger partial charge < -0.3 is 19.1 Å². The molecule has 2 heterocycles. The number of thiazole rings is 1. The summed E-state index contributed by atoms with van der Waals surface area (Å²) in [7, 11) is 4.63. The van der Waals surface area contributed by atoms with E-state index < -0.39 is 0 Å². The molecule has 1 aromatic heterocycles. The molecule has 174 valence electrons. The number of ether oxygens (including phenoxy) is 3. The van der Waals surface area contributed by atoms with E-state index >= 15 is 0 Å². The maximum atomic E-state index is 13.1. The third-order valence-electron chi connectivity index (χ3n) is 5.62. The molecule has 1 aliphatic heterocycles. The van der Waals surface area contributed by atoms with E-state index in [1.54, 1.807) is 44.8 Å². The van der Waals surface area contributed by atoms with Gasteiger partial charge in [-0.3, -0.25) is 9.69 Å². The molecule has 33 heavy (non-hydrogen) atoms. The zero-order chi connectivity index (χ0) is 23.4. The van der Waals surface area contributed by atoms with E-state index in [0.717, 1.165) is 35.9 Å². The Morgan fingerprint density at radius 2 is 1.64 bits per heavy atom. The molecule has 3 aromatic rings. The number of methoxy groups -OCH3 is 3. The third kappa shape index (κ3) is 5.24. The molecule has 0 N–H and O–H groups in total. The average molecular weight is 488 g/mol. The van der Waals surface area contributed by atoms with Gasteiger partial charge in [0.2, 0.25) is 5.75 Å². The van der Waals surface area contributed by atoms with Crippen LogP contribution in [-0.2, 0) is 6.54 Å². The normalized spacial score (nSPS) is 14.2. The first-order valence-corrected chi connectivity index (χ1v) is 11.8. The van der Waals surface area contributed by atoms with Crippen LogP contribution in [0.2, 0.25) is 5.02 Å². The Hall–Kier alpha value is -2.81. The van der Waals surface area contributed by atoms with E-state index in [0.29, 0.717) is 40.9 Å². The average Bonchev–Trinajstić information content (AvgIpc) is 3.31. The lowest BCUT2D eigenvalue weighted by Gasteiger charge is -2.34. The van der Waals surface area contributed by atoms with Crippen LogP contribution in [0.3, 0.4) is 0 Å². The molecule has 0 bridgehead atoms. The molecule has 0 saturated carbocycles. The highest BCUT2D eigenvalue weighted by Crippen LogP contribution is 2.38. The first-order valence-electron chi connectivity index (χ1n) is 10.5. The van der Waals surface area contributed by atoms with Crippen LogP contribution in [0.5, 0.6) is 17.2 Å². The number of halogens is 1. The molecule has 1 fully saturated rings. The predicted molar refractivity (Wildman–Crippen MR) is 130 cm³/mol. The predicted octanol–water partition coefficient (Wildman–Crippen LogP) is 4.45. The second kappa shape index (κ2) is 10.4. The molecule has 2 aromatic carbocycles. The van der Waals surface area contributed by atoms with Gasteiger partial charge >= 0.3 is 0 Å². The molecule has 0 aliphatic carbocycles. The molecule has 1 saturated heterocycles. The lowest BCUT2D eigenvalue weighted by molar-refractivity contribution is 0.0627. The fraction of sp³-hybridized carbons (Fsp3) is 0.333. The number of amides is 1. The summed E-state index contributed by atoms with van der Waals surface area (Å²) in [6.45, 7) is 3.62. The van der Waals surface area contributed by atoms with Crippen LogP contribution < -0.4 is 14.2 Å². The van der Waals surface area contributed by atoms with Crippen molar-refractivity contribution in [3.05, 3.63) is 57.4 Å². The summed E-state index contributed by atoms with van der Waals surface area (Å²) in [5, 5.41) is 3.85. The smallest absolute Gasteiger partial charge is 0.254 e. The maximum Gasteiger partial charge on any atom is 0.254 e. The van der Waals surface area contributed by atoms with Gasteiger partial charge in [0.05, 0.1) is 33.6 Å². The molecule has 1 amide bonds. The lowest BCUT2D eigenvalue weighted by atomic mass is 10.1. The molecule has 0 spiro atoms. The first kappa shape index (κ1) is 23.4. The van der Waals surface area contributed by atoms with Gasteiger partial charge in [0, 0.05) is 47.7 Å². The van der Waals surface area contributed by atoms with Crippen molar-refractivity contribution in [2.75, 3.05) is 47.5 Å². The number of nitrogens with zero attached hydrogens (tertiary/aromatic N) is 3. The first-order chi connectivity index (χ1) is 16.0. The minimum atomic E-state index is -0.0480. The van der Waals surface area contributed by atoms with Crippen LogP contribution in [-0.4, -0.2) is 68.2 Å². The second-order valence-electron chi connectivity index (χ2n) is 7.62. The van der Waals surface area contributed by atoms with Gasteiger partial charge in [-0.15, -0.1) is 11.3 Å². The Morgan fingerprint density at radius 1 is 1.00 bits per heavy atom. The number of benzene rings is 2. The van der Waals surface area contributed by atoms with E-state index in [-0.39, 0.29) is 5.91 Å². The van der Waals surface area contributed by atoms with Crippen LogP contribution in [0.25, 0.3) is 11.3 Å². The molecule has 7 nitrogen and oxygen atoms in total. The Labute approximate surface area is 202 Å². The third-order valence-corrected chi connectivity index (χ3v) is 6.71. The van der Waals surface area contributed by atoms with Gasteiger partial charge in [-0.25, -0.2) is 4.98 Å². The lowest BCUT2D eigenvalue weighted by Crippen LogP contribution is -2.48. The Bertz CT molecular complexity index is 1090. The van der Waals surface area contributed by atoms with Crippen LogP contribution in [0.15, 0.2) is 41.8 Å². The van der Waals surface area contributed by atoms with Gasteiger partial charge in [-0.05, 0) is 24.3 Å². The molecular formula is C24H26ClN3O4S. The largest absolute Gasteiger partial charge is 0.493 e.